The third-order valence-electron chi connectivity index (χ3n) is 3.40. The van der Waals surface area contributed by atoms with Gasteiger partial charge in [-0.25, -0.2) is 4.79 Å². The highest BCUT2D eigenvalue weighted by molar-refractivity contribution is 5.89. The van der Waals surface area contributed by atoms with E-state index in [1.165, 1.54) is 20.3 Å². The molecule has 0 N–H and O–H groups in total. The van der Waals surface area contributed by atoms with E-state index in [-0.39, 0.29) is 5.75 Å². The van der Waals surface area contributed by atoms with E-state index in [1.807, 2.05) is 0 Å². The number of benzene rings is 2. The second-order valence-corrected chi connectivity index (χ2v) is 4.86. The summed E-state index contributed by atoms with van der Waals surface area (Å²) in [6, 6.07) is 10.4. The van der Waals surface area contributed by atoms with Gasteiger partial charge in [0.2, 0.25) is 5.75 Å². The van der Waals surface area contributed by atoms with E-state index in [2.05, 4.69) is 0 Å². The Balaban J connectivity index is 2.14. The molecule has 132 valence electrons. The van der Waals surface area contributed by atoms with E-state index in [1.54, 1.807) is 56.7 Å². The Morgan fingerprint density at radius 1 is 0.800 bits per heavy atom. The number of ether oxygens (including phenoxy) is 5. The number of carbonyl (C=O) groups is 1. The van der Waals surface area contributed by atoms with Crippen molar-refractivity contribution in [3.8, 4) is 28.7 Å². The molecule has 0 aliphatic carbocycles. The molecule has 2 aromatic rings. The van der Waals surface area contributed by atoms with E-state index in [0.717, 1.165) is 5.56 Å². The van der Waals surface area contributed by atoms with Crippen LogP contribution in [0.4, 0.5) is 0 Å². The van der Waals surface area contributed by atoms with Crippen LogP contribution < -0.4 is 23.7 Å². The van der Waals surface area contributed by atoms with E-state index < -0.39 is 5.97 Å². The molecule has 0 heterocycles. The molecule has 0 atom stereocenters. The first kappa shape index (κ1) is 18.2. The van der Waals surface area contributed by atoms with E-state index in [4.69, 9.17) is 23.7 Å². The highest BCUT2D eigenvalue weighted by atomic mass is 16.6. The van der Waals surface area contributed by atoms with Gasteiger partial charge in [0.05, 0.1) is 28.4 Å². The van der Waals surface area contributed by atoms with E-state index >= 15 is 0 Å². The van der Waals surface area contributed by atoms with Crippen molar-refractivity contribution in [3.05, 3.63) is 48.0 Å². The van der Waals surface area contributed by atoms with Crippen LogP contribution in [0.1, 0.15) is 5.56 Å². The lowest BCUT2D eigenvalue weighted by Crippen LogP contribution is -2.05. The van der Waals surface area contributed by atoms with Gasteiger partial charge >= 0.3 is 5.97 Å². The van der Waals surface area contributed by atoms with Gasteiger partial charge in [0.15, 0.2) is 23.0 Å². The lowest BCUT2D eigenvalue weighted by molar-refractivity contribution is -0.129. The second-order valence-electron chi connectivity index (χ2n) is 4.86. The van der Waals surface area contributed by atoms with Gasteiger partial charge in [-0.2, -0.15) is 0 Å². The predicted octanol–water partition coefficient (Wildman–Crippen LogP) is 3.34. The number of carbonyl (C=O) groups excluding carboxylic acids is 1. The molecule has 2 rings (SSSR count). The lowest BCUT2D eigenvalue weighted by Gasteiger charge is -2.11. The topological polar surface area (TPSA) is 63.2 Å². The summed E-state index contributed by atoms with van der Waals surface area (Å²) in [7, 11) is 6.11. The minimum atomic E-state index is -0.540. The lowest BCUT2D eigenvalue weighted by atomic mass is 10.2. The van der Waals surface area contributed by atoms with Crippen LogP contribution in [0.5, 0.6) is 28.7 Å². The summed E-state index contributed by atoms with van der Waals surface area (Å²) in [5.41, 5.74) is 0.771. The van der Waals surface area contributed by atoms with Crippen molar-refractivity contribution in [2.75, 3.05) is 28.4 Å². The fourth-order valence-electron chi connectivity index (χ4n) is 2.20. The van der Waals surface area contributed by atoms with Crippen molar-refractivity contribution >= 4 is 12.0 Å². The molecule has 6 heteroatoms. The van der Waals surface area contributed by atoms with Gasteiger partial charge in [-0.15, -0.1) is 0 Å². The fraction of sp³-hybridized carbons (Fsp3) is 0.211. The summed E-state index contributed by atoms with van der Waals surface area (Å²) in [4.78, 5) is 12.1. The first-order chi connectivity index (χ1) is 12.1. The number of hydrogen-bond acceptors (Lipinski definition) is 6. The summed E-state index contributed by atoms with van der Waals surface area (Å²) < 4.78 is 26.1. The van der Waals surface area contributed by atoms with Gasteiger partial charge in [-0.05, 0) is 35.9 Å². The van der Waals surface area contributed by atoms with Crippen LogP contribution in [-0.4, -0.2) is 34.4 Å². The SMILES string of the molecule is COc1ccc(/C=C/C(=O)Oc2cccc(OC)c2OC)cc1OC. The molecular weight excluding hydrogens is 324 g/mol. The van der Waals surface area contributed by atoms with Gasteiger partial charge in [0.1, 0.15) is 0 Å². The normalized spacial score (nSPS) is 10.4. The van der Waals surface area contributed by atoms with Crippen molar-refractivity contribution in [1.82, 2.24) is 0 Å². The van der Waals surface area contributed by atoms with Crippen molar-refractivity contribution in [2.24, 2.45) is 0 Å². The Hall–Kier alpha value is -3.15. The first-order valence-corrected chi connectivity index (χ1v) is 7.45. The first-order valence-electron chi connectivity index (χ1n) is 7.45. The minimum Gasteiger partial charge on any atom is -0.493 e. The van der Waals surface area contributed by atoms with Crippen LogP contribution in [0.2, 0.25) is 0 Å². The third-order valence-corrected chi connectivity index (χ3v) is 3.40. The average Bonchev–Trinajstić information content (AvgIpc) is 2.65. The quantitative estimate of drug-likeness (QED) is 0.436. The Morgan fingerprint density at radius 3 is 2.12 bits per heavy atom. The Morgan fingerprint density at radius 2 is 1.48 bits per heavy atom. The maximum absolute atomic E-state index is 12.1. The van der Waals surface area contributed by atoms with Crippen molar-refractivity contribution in [2.45, 2.75) is 0 Å². The molecular formula is C19H20O6. The van der Waals surface area contributed by atoms with Crippen LogP contribution in [0.25, 0.3) is 6.08 Å². The van der Waals surface area contributed by atoms with Crippen molar-refractivity contribution < 1.29 is 28.5 Å². The van der Waals surface area contributed by atoms with Gasteiger partial charge in [-0.1, -0.05) is 12.1 Å². The summed E-state index contributed by atoms with van der Waals surface area (Å²) >= 11 is 0. The maximum Gasteiger partial charge on any atom is 0.336 e. The molecule has 0 bridgehead atoms. The molecule has 0 saturated carbocycles. The van der Waals surface area contributed by atoms with E-state index in [9.17, 15) is 4.79 Å². The summed E-state index contributed by atoms with van der Waals surface area (Å²) in [6.45, 7) is 0. The molecule has 0 fully saturated rings. The zero-order valence-corrected chi connectivity index (χ0v) is 14.6. The molecule has 0 unspecified atom stereocenters. The van der Waals surface area contributed by atoms with Crippen LogP contribution >= 0.6 is 0 Å². The van der Waals surface area contributed by atoms with Gasteiger partial charge in [-0.3, -0.25) is 0 Å². The average molecular weight is 344 g/mol. The molecule has 0 aromatic heterocycles. The van der Waals surface area contributed by atoms with Crippen LogP contribution in [0.15, 0.2) is 42.5 Å². The predicted molar refractivity (Wildman–Crippen MR) is 93.8 cm³/mol. The van der Waals surface area contributed by atoms with Gasteiger partial charge in [0, 0.05) is 6.08 Å². The highest BCUT2D eigenvalue weighted by Gasteiger charge is 2.13. The zero-order chi connectivity index (χ0) is 18.2. The smallest absolute Gasteiger partial charge is 0.336 e. The molecule has 0 aliphatic heterocycles. The third kappa shape index (κ3) is 4.44. The molecule has 0 radical (unpaired) electrons. The molecule has 6 nitrogen and oxygen atoms in total. The molecule has 0 spiro atoms. The standard InChI is InChI=1S/C19H20O6/c1-21-14-10-8-13(12-17(14)23-3)9-11-18(20)25-16-7-5-6-15(22-2)19(16)24-4/h5-12H,1-4H3/b11-9+. The molecule has 2 aromatic carbocycles. The molecule has 25 heavy (non-hydrogen) atoms. The monoisotopic (exact) mass is 344 g/mol. The Bertz CT molecular complexity index is 767. The number of esters is 1. The number of methoxy groups -OCH3 is 4. The number of para-hydroxylation sites is 1. The highest BCUT2D eigenvalue weighted by Crippen LogP contribution is 2.36. The number of rotatable bonds is 7. The van der Waals surface area contributed by atoms with Gasteiger partial charge in [0.25, 0.3) is 0 Å². The second kappa shape index (κ2) is 8.63. The summed E-state index contributed by atoms with van der Waals surface area (Å²) in [6.07, 6.45) is 2.94. The van der Waals surface area contributed by atoms with Gasteiger partial charge < -0.3 is 23.7 Å². The Labute approximate surface area is 146 Å². The zero-order valence-electron chi connectivity index (χ0n) is 14.6. The molecule has 0 amide bonds. The van der Waals surface area contributed by atoms with Crippen LogP contribution in [0, 0.1) is 0 Å². The maximum atomic E-state index is 12.1. The fourth-order valence-corrected chi connectivity index (χ4v) is 2.20. The van der Waals surface area contributed by atoms with Crippen LogP contribution in [0.3, 0.4) is 0 Å². The van der Waals surface area contributed by atoms with E-state index in [0.29, 0.717) is 23.0 Å². The molecule has 0 aliphatic rings. The number of hydrogen-bond donors (Lipinski definition) is 0. The largest absolute Gasteiger partial charge is 0.493 e. The summed E-state index contributed by atoms with van der Waals surface area (Å²) in [5.74, 6) is 1.77. The van der Waals surface area contributed by atoms with Crippen LogP contribution in [-0.2, 0) is 4.79 Å². The van der Waals surface area contributed by atoms with Crippen molar-refractivity contribution in [1.29, 1.82) is 0 Å². The van der Waals surface area contributed by atoms with Crippen molar-refractivity contribution in [3.63, 3.8) is 0 Å². The Kier molecular flexibility index (Phi) is 6.28. The molecule has 0 saturated heterocycles. The minimum absolute atomic E-state index is 0.281. The summed E-state index contributed by atoms with van der Waals surface area (Å²) in [5, 5.41) is 0.